The van der Waals surface area contributed by atoms with Gasteiger partial charge in [0.25, 0.3) is 15.9 Å². The molecule has 2 N–H and O–H groups in total. The number of amides is 1. The van der Waals surface area contributed by atoms with Crippen LogP contribution in [-0.2, 0) is 14.9 Å². The lowest BCUT2D eigenvalue weighted by atomic mass is 10.2. The number of carbonyl (C=O) groups is 1. The van der Waals surface area contributed by atoms with Crippen LogP contribution in [0.15, 0.2) is 47.4 Å². The van der Waals surface area contributed by atoms with Gasteiger partial charge in [0, 0.05) is 11.3 Å². The molecule has 0 aliphatic heterocycles. The van der Waals surface area contributed by atoms with E-state index in [-0.39, 0.29) is 10.8 Å². The average Bonchev–Trinajstić information content (AvgIpc) is 2.55. The van der Waals surface area contributed by atoms with E-state index in [1.165, 1.54) is 24.3 Å². The molecule has 0 heterocycles. The molecule has 7 heteroatoms. The Balaban J connectivity index is 2.18. The number of hydrogen-bond donors (Lipinski definition) is 2. The quantitative estimate of drug-likeness (QED) is 0.786. The zero-order chi connectivity index (χ0) is 17.7. The summed E-state index contributed by atoms with van der Waals surface area (Å²) in [5.41, 5.74) is 4.56. The van der Waals surface area contributed by atoms with Crippen LogP contribution in [0.3, 0.4) is 0 Å². The molecule has 0 spiro atoms. The lowest BCUT2D eigenvalue weighted by Gasteiger charge is -2.11. The zero-order valence-corrected chi connectivity index (χ0v) is 14.6. The van der Waals surface area contributed by atoms with Gasteiger partial charge in [-0.05, 0) is 62.2 Å². The fraction of sp³-hybridized carbons (Fsp3) is 0.235. The molecule has 0 aliphatic rings. The summed E-state index contributed by atoms with van der Waals surface area (Å²) in [6, 6.07) is 11.4. The maximum Gasteiger partial charge on any atom is 0.274 e. The van der Waals surface area contributed by atoms with Crippen molar-refractivity contribution < 1.29 is 18.0 Å². The number of benzene rings is 2. The number of sulfonamides is 1. The van der Waals surface area contributed by atoms with E-state index in [0.717, 1.165) is 5.56 Å². The summed E-state index contributed by atoms with van der Waals surface area (Å²) < 4.78 is 27.6. The van der Waals surface area contributed by atoms with Crippen molar-refractivity contribution in [1.29, 1.82) is 0 Å². The van der Waals surface area contributed by atoms with Gasteiger partial charge < -0.3 is 0 Å². The van der Waals surface area contributed by atoms with E-state index in [1.807, 2.05) is 13.0 Å². The van der Waals surface area contributed by atoms with Crippen molar-refractivity contribution in [3.8, 4) is 0 Å². The van der Waals surface area contributed by atoms with Crippen molar-refractivity contribution in [2.24, 2.45) is 0 Å². The smallest absolute Gasteiger partial charge is 0.274 e. The van der Waals surface area contributed by atoms with Gasteiger partial charge in [-0.3, -0.25) is 14.4 Å². The molecule has 0 saturated carbocycles. The molecule has 0 fully saturated rings. The van der Waals surface area contributed by atoms with Crippen LogP contribution in [0, 0.1) is 13.8 Å². The Hall–Kier alpha value is -2.38. The summed E-state index contributed by atoms with van der Waals surface area (Å²) in [4.78, 5) is 16.8. The van der Waals surface area contributed by atoms with Crippen LogP contribution in [0.1, 0.15) is 28.4 Å². The summed E-state index contributed by atoms with van der Waals surface area (Å²) in [7, 11) is -3.69. The summed E-state index contributed by atoms with van der Waals surface area (Å²) in [6.45, 7) is 5.70. The van der Waals surface area contributed by atoms with Crippen LogP contribution < -0.4 is 10.2 Å². The highest BCUT2D eigenvalue weighted by atomic mass is 32.2. The van der Waals surface area contributed by atoms with Crippen molar-refractivity contribution in [1.82, 2.24) is 5.48 Å². The Morgan fingerprint density at radius 3 is 2.38 bits per heavy atom. The highest BCUT2D eigenvalue weighted by molar-refractivity contribution is 7.92. The molecule has 0 saturated heterocycles. The number of aryl methyl sites for hydroxylation is 2. The Kier molecular flexibility index (Phi) is 5.58. The average molecular weight is 348 g/mol. The van der Waals surface area contributed by atoms with E-state index < -0.39 is 10.0 Å². The first-order chi connectivity index (χ1) is 11.3. The van der Waals surface area contributed by atoms with Crippen LogP contribution >= 0.6 is 0 Å². The zero-order valence-electron chi connectivity index (χ0n) is 13.8. The minimum atomic E-state index is -3.69. The van der Waals surface area contributed by atoms with E-state index in [0.29, 0.717) is 23.4 Å². The predicted octanol–water partition coefficient (Wildman–Crippen LogP) is 2.79. The molecule has 0 unspecified atom stereocenters. The van der Waals surface area contributed by atoms with Crippen molar-refractivity contribution in [2.75, 3.05) is 11.3 Å². The van der Waals surface area contributed by atoms with Crippen LogP contribution in [0.25, 0.3) is 0 Å². The van der Waals surface area contributed by atoms with E-state index in [1.54, 1.807) is 26.0 Å². The minimum Gasteiger partial charge on any atom is -0.280 e. The number of carbonyl (C=O) groups excluding carboxylic acids is 1. The van der Waals surface area contributed by atoms with Gasteiger partial charge in [-0.25, -0.2) is 13.9 Å². The lowest BCUT2D eigenvalue weighted by Crippen LogP contribution is -2.23. The van der Waals surface area contributed by atoms with E-state index in [9.17, 15) is 13.2 Å². The van der Waals surface area contributed by atoms with Gasteiger partial charge in [-0.1, -0.05) is 12.1 Å². The van der Waals surface area contributed by atoms with E-state index in [4.69, 9.17) is 4.84 Å². The van der Waals surface area contributed by atoms with Gasteiger partial charge in [0.05, 0.1) is 11.5 Å². The number of nitrogens with one attached hydrogen (secondary N) is 2. The third kappa shape index (κ3) is 4.33. The molecular weight excluding hydrogens is 328 g/mol. The first-order valence-electron chi connectivity index (χ1n) is 7.46. The molecule has 128 valence electrons. The molecule has 24 heavy (non-hydrogen) atoms. The van der Waals surface area contributed by atoms with Crippen molar-refractivity contribution in [3.63, 3.8) is 0 Å². The lowest BCUT2D eigenvalue weighted by molar-refractivity contribution is 0.0364. The molecule has 0 atom stereocenters. The maximum atomic E-state index is 12.5. The van der Waals surface area contributed by atoms with Gasteiger partial charge >= 0.3 is 0 Å². The maximum absolute atomic E-state index is 12.5. The third-order valence-electron chi connectivity index (χ3n) is 3.34. The number of anilines is 1. The topological polar surface area (TPSA) is 84.5 Å². The first-order valence-corrected chi connectivity index (χ1v) is 8.94. The SMILES string of the molecule is CCONC(=O)c1ccc(NS(=O)(=O)c2cc(C)ccc2C)cc1. The summed E-state index contributed by atoms with van der Waals surface area (Å²) in [5.74, 6) is -0.388. The van der Waals surface area contributed by atoms with Crippen molar-refractivity contribution in [2.45, 2.75) is 25.7 Å². The second-order valence-corrected chi connectivity index (χ2v) is 6.97. The van der Waals surface area contributed by atoms with Crippen LogP contribution in [0.5, 0.6) is 0 Å². The number of hydroxylamine groups is 1. The van der Waals surface area contributed by atoms with Gasteiger partial charge in [0.1, 0.15) is 0 Å². The number of hydrogen-bond acceptors (Lipinski definition) is 4. The highest BCUT2D eigenvalue weighted by Gasteiger charge is 2.17. The van der Waals surface area contributed by atoms with Gasteiger partial charge in [0.2, 0.25) is 0 Å². The van der Waals surface area contributed by atoms with Crippen molar-refractivity contribution in [3.05, 3.63) is 59.2 Å². The Labute approximate surface area is 141 Å². The first kappa shape index (κ1) is 18.0. The standard InChI is InChI=1S/C17H20N2O4S/c1-4-23-18-17(20)14-7-9-15(10-8-14)19-24(21,22)16-11-12(2)5-6-13(16)3/h5-11,19H,4H2,1-3H3,(H,18,20). The molecule has 2 rings (SSSR count). The van der Waals surface area contributed by atoms with Crippen LogP contribution in [0.2, 0.25) is 0 Å². The summed E-state index contributed by atoms with van der Waals surface area (Å²) in [5, 5.41) is 0. The molecule has 0 bridgehead atoms. The molecule has 2 aromatic carbocycles. The molecule has 1 amide bonds. The van der Waals surface area contributed by atoms with Crippen LogP contribution in [-0.4, -0.2) is 20.9 Å². The van der Waals surface area contributed by atoms with Crippen LogP contribution in [0.4, 0.5) is 5.69 Å². The Morgan fingerprint density at radius 2 is 1.75 bits per heavy atom. The highest BCUT2D eigenvalue weighted by Crippen LogP contribution is 2.21. The van der Waals surface area contributed by atoms with Gasteiger partial charge in [-0.15, -0.1) is 0 Å². The van der Waals surface area contributed by atoms with Gasteiger partial charge in [0.15, 0.2) is 0 Å². The predicted molar refractivity (Wildman–Crippen MR) is 92.3 cm³/mol. The monoisotopic (exact) mass is 348 g/mol. The fourth-order valence-corrected chi connectivity index (χ4v) is 3.48. The number of rotatable bonds is 6. The second-order valence-electron chi connectivity index (χ2n) is 5.32. The largest absolute Gasteiger partial charge is 0.280 e. The van der Waals surface area contributed by atoms with E-state index in [2.05, 4.69) is 10.2 Å². The Morgan fingerprint density at radius 1 is 1.08 bits per heavy atom. The third-order valence-corrected chi connectivity index (χ3v) is 4.86. The second kappa shape index (κ2) is 7.46. The summed E-state index contributed by atoms with van der Waals surface area (Å²) in [6.07, 6.45) is 0. The van der Waals surface area contributed by atoms with E-state index >= 15 is 0 Å². The summed E-state index contributed by atoms with van der Waals surface area (Å²) >= 11 is 0. The molecule has 0 aromatic heterocycles. The molecular formula is C17H20N2O4S. The molecule has 0 radical (unpaired) electrons. The minimum absolute atomic E-state index is 0.237. The van der Waals surface area contributed by atoms with Crippen molar-refractivity contribution >= 4 is 21.6 Å². The molecule has 6 nitrogen and oxygen atoms in total. The Bertz CT molecular complexity index is 830. The normalized spacial score (nSPS) is 11.1. The fourth-order valence-electron chi connectivity index (χ4n) is 2.09. The van der Waals surface area contributed by atoms with Gasteiger partial charge in [-0.2, -0.15) is 0 Å². The molecule has 2 aromatic rings. The molecule has 0 aliphatic carbocycles.